The van der Waals surface area contributed by atoms with Gasteiger partial charge in [0.25, 0.3) is 5.91 Å². The van der Waals surface area contributed by atoms with Crippen LogP contribution in [0.2, 0.25) is 0 Å². The summed E-state index contributed by atoms with van der Waals surface area (Å²) in [6.45, 7) is 8.18. The number of fused-ring (bicyclic) bond motifs is 1. The van der Waals surface area contributed by atoms with E-state index in [4.69, 9.17) is 4.52 Å². The van der Waals surface area contributed by atoms with Crippen molar-refractivity contribution in [1.29, 1.82) is 0 Å². The van der Waals surface area contributed by atoms with Crippen LogP contribution in [-0.4, -0.2) is 52.2 Å². The van der Waals surface area contributed by atoms with Crippen LogP contribution in [0.1, 0.15) is 37.7 Å². The highest BCUT2D eigenvalue weighted by atomic mass is 16.5. The summed E-state index contributed by atoms with van der Waals surface area (Å²) in [5, 5.41) is 9.79. The molecule has 0 spiro atoms. The zero-order chi connectivity index (χ0) is 20.6. The van der Waals surface area contributed by atoms with Crippen molar-refractivity contribution in [3.63, 3.8) is 0 Å². The molecule has 1 saturated heterocycles. The van der Waals surface area contributed by atoms with Gasteiger partial charge in [0.05, 0.1) is 0 Å². The lowest BCUT2D eigenvalue weighted by atomic mass is 10.1. The van der Waals surface area contributed by atoms with Crippen LogP contribution in [-0.2, 0) is 0 Å². The number of hydrogen-bond donors (Lipinski definition) is 2. The van der Waals surface area contributed by atoms with Gasteiger partial charge in [-0.2, -0.15) is 0 Å². The van der Waals surface area contributed by atoms with E-state index < -0.39 is 0 Å². The molecular weight excluding hydrogens is 370 g/mol. The van der Waals surface area contributed by atoms with Crippen LogP contribution in [0, 0.1) is 17.8 Å². The second kappa shape index (κ2) is 7.50. The molecule has 2 fully saturated rings. The Hall–Kier alpha value is -2.90. The molecule has 29 heavy (non-hydrogen) atoms. The average Bonchev–Trinajstić information content (AvgIpc) is 3.09. The number of carbonyl (C=O) groups excluding carboxylic acids is 2. The van der Waals surface area contributed by atoms with Gasteiger partial charge >= 0.3 is 6.03 Å². The van der Waals surface area contributed by atoms with Gasteiger partial charge in [0, 0.05) is 49.2 Å². The van der Waals surface area contributed by atoms with Gasteiger partial charge in [0.1, 0.15) is 0 Å². The molecule has 4 rings (SSSR count). The standard InChI is InChI=1S/C21H27N5O3/c1-21(2,3)24-20(28)26-11-15-14(16(15)12-26)6-8-23-19(27)17-9-18(29-25-17)13-5-4-7-22-10-13/h4-5,7,9-10,14-16H,6,8,11-12H2,1-3H3,(H,23,27)(H,24,28)/t14-,15-,16+. The van der Waals surface area contributed by atoms with Gasteiger partial charge in [0.15, 0.2) is 11.5 Å². The number of nitrogens with one attached hydrogen (secondary N) is 2. The molecule has 1 aliphatic carbocycles. The normalized spacial score (nSPS) is 22.9. The summed E-state index contributed by atoms with van der Waals surface area (Å²) >= 11 is 0. The third-order valence-electron chi connectivity index (χ3n) is 5.59. The molecule has 2 N–H and O–H groups in total. The minimum atomic E-state index is -0.235. The van der Waals surface area contributed by atoms with Crippen LogP contribution < -0.4 is 10.6 Å². The number of piperidine rings is 1. The highest BCUT2D eigenvalue weighted by molar-refractivity contribution is 5.93. The Morgan fingerprint density at radius 3 is 2.69 bits per heavy atom. The van der Waals surface area contributed by atoms with Crippen LogP contribution in [0.4, 0.5) is 4.79 Å². The molecule has 0 radical (unpaired) electrons. The van der Waals surface area contributed by atoms with Crippen molar-refractivity contribution in [2.75, 3.05) is 19.6 Å². The quantitative estimate of drug-likeness (QED) is 0.808. The molecule has 0 bridgehead atoms. The summed E-state index contributed by atoms with van der Waals surface area (Å²) < 4.78 is 5.25. The van der Waals surface area contributed by atoms with E-state index in [1.54, 1.807) is 24.5 Å². The van der Waals surface area contributed by atoms with Gasteiger partial charge in [0.2, 0.25) is 0 Å². The van der Waals surface area contributed by atoms with Crippen LogP contribution in [0.5, 0.6) is 0 Å². The van der Waals surface area contributed by atoms with E-state index in [-0.39, 0.29) is 23.2 Å². The van der Waals surface area contributed by atoms with E-state index in [0.717, 1.165) is 25.1 Å². The number of urea groups is 1. The smallest absolute Gasteiger partial charge is 0.317 e. The molecule has 2 aromatic heterocycles. The Morgan fingerprint density at radius 1 is 1.28 bits per heavy atom. The summed E-state index contributed by atoms with van der Waals surface area (Å²) in [5.74, 6) is 1.98. The molecule has 154 valence electrons. The first-order valence-corrected chi connectivity index (χ1v) is 10.0. The molecule has 2 aromatic rings. The summed E-state index contributed by atoms with van der Waals surface area (Å²) in [6.07, 6.45) is 4.26. The lowest BCUT2D eigenvalue weighted by Gasteiger charge is -2.27. The zero-order valence-corrected chi connectivity index (χ0v) is 17.0. The molecule has 0 unspecified atom stereocenters. The molecule has 3 heterocycles. The predicted molar refractivity (Wildman–Crippen MR) is 107 cm³/mol. The maximum Gasteiger partial charge on any atom is 0.317 e. The Bertz CT molecular complexity index is 877. The van der Waals surface area contributed by atoms with Crippen molar-refractivity contribution < 1.29 is 14.1 Å². The molecule has 1 aliphatic heterocycles. The van der Waals surface area contributed by atoms with E-state index in [1.807, 2.05) is 31.7 Å². The Balaban J connectivity index is 1.19. The number of hydrogen-bond acceptors (Lipinski definition) is 5. The molecule has 2 aliphatic rings. The van der Waals surface area contributed by atoms with Gasteiger partial charge in [-0.1, -0.05) is 5.16 Å². The number of pyridine rings is 1. The van der Waals surface area contributed by atoms with Crippen molar-refractivity contribution in [2.45, 2.75) is 32.7 Å². The van der Waals surface area contributed by atoms with Crippen molar-refractivity contribution in [3.8, 4) is 11.3 Å². The fraction of sp³-hybridized carbons (Fsp3) is 0.524. The lowest BCUT2D eigenvalue weighted by Crippen LogP contribution is -2.48. The van der Waals surface area contributed by atoms with Gasteiger partial charge in [-0.15, -0.1) is 0 Å². The number of nitrogens with zero attached hydrogens (tertiary/aromatic N) is 3. The fourth-order valence-electron chi connectivity index (χ4n) is 4.11. The number of rotatable bonds is 5. The number of aromatic nitrogens is 2. The van der Waals surface area contributed by atoms with Crippen molar-refractivity contribution in [1.82, 2.24) is 25.7 Å². The molecule has 3 atom stereocenters. The molecule has 1 saturated carbocycles. The largest absolute Gasteiger partial charge is 0.355 e. The minimum Gasteiger partial charge on any atom is -0.355 e. The lowest BCUT2D eigenvalue weighted by molar-refractivity contribution is 0.0943. The molecule has 8 heteroatoms. The molecule has 0 aromatic carbocycles. The monoisotopic (exact) mass is 397 g/mol. The van der Waals surface area contributed by atoms with Crippen molar-refractivity contribution in [3.05, 3.63) is 36.3 Å². The van der Waals surface area contributed by atoms with E-state index in [1.165, 1.54) is 0 Å². The van der Waals surface area contributed by atoms with Gasteiger partial charge in [-0.3, -0.25) is 9.78 Å². The summed E-state index contributed by atoms with van der Waals surface area (Å²) in [7, 11) is 0. The highest BCUT2D eigenvalue weighted by Crippen LogP contribution is 2.53. The van der Waals surface area contributed by atoms with Crippen molar-refractivity contribution in [2.24, 2.45) is 17.8 Å². The maximum atomic E-state index is 12.3. The maximum absolute atomic E-state index is 12.3. The Morgan fingerprint density at radius 2 is 2.03 bits per heavy atom. The minimum absolute atomic E-state index is 0.0206. The second-order valence-electron chi connectivity index (χ2n) is 8.94. The number of carbonyl (C=O) groups is 2. The van der Waals surface area contributed by atoms with Crippen LogP contribution in [0.25, 0.3) is 11.3 Å². The SMILES string of the molecule is CC(C)(C)NC(=O)N1C[C@@H]2[C@@H](CCNC(=O)c3cc(-c4cccnc4)on3)[C@@H]2C1. The molecule has 3 amide bonds. The fourth-order valence-corrected chi connectivity index (χ4v) is 4.11. The second-order valence-corrected chi connectivity index (χ2v) is 8.94. The summed E-state index contributed by atoms with van der Waals surface area (Å²) in [5.41, 5.74) is 0.834. The molecular formula is C21H27N5O3. The number of amides is 3. The van der Waals surface area contributed by atoms with Gasteiger partial charge in [-0.25, -0.2) is 4.79 Å². The average molecular weight is 397 g/mol. The Kier molecular flexibility index (Phi) is 5.02. The topological polar surface area (TPSA) is 100 Å². The van der Waals surface area contributed by atoms with E-state index in [0.29, 0.717) is 30.1 Å². The highest BCUT2D eigenvalue weighted by Gasteiger charge is 2.56. The summed E-state index contributed by atoms with van der Waals surface area (Å²) in [6, 6.07) is 5.31. The molecule has 8 nitrogen and oxygen atoms in total. The van der Waals surface area contributed by atoms with E-state index >= 15 is 0 Å². The first-order valence-electron chi connectivity index (χ1n) is 10.0. The third-order valence-corrected chi connectivity index (χ3v) is 5.59. The first kappa shape index (κ1) is 19.4. The summed E-state index contributed by atoms with van der Waals surface area (Å²) in [4.78, 5) is 30.5. The first-order chi connectivity index (χ1) is 13.8. The third kappa shape index (κ3) is 4.41. The zero-order valence-electron chi connectivity index (χ0n) is 17.0. The van der Waals surface area contributed by atoms with Crippen LogP contribution in [0.15, 0.2) is 35.1 Å². The van der Waals surface area contributed by atoms with Crippen LogP contribution in [0.3, 0.4) is 0 Å². The Labute approximate surface area is 170 Å². The van der Waals surface area contributed by atoms with Gasteiger partial charge < -0.3 is 20.1 Å². The van der Waals surface area contributed by atoms with E-state index in [2.05, 4.69) is 20.8 Å². The van der Waals surface area contributed by atoms with Crippen LogP contribution >= 0.6 is 0 Å². The predicted octanol–water partition coefficient (Wildman–Crippen LogP) is 2.54. The van der Waals surface area contributed by atoms with E-state index in [9.17, 15) is 9.59 Å². The van der Waals surface area contributed by atoms with Crippen molar-refractivity contribution >= 4 is 11.9 Å². The number of likely N-dealkylation sites (tertiary alicyclic amines) is 1. The van der Waals surface area contributed by atoms with Gasteiger partial charge in [-0.05, 0) is 57.1 Å².